The van der Waals surface area contributed by atoms with Crippen molar-refractivity contribution in [2.24, 2.45) is 5.41 Å². The van der Waals surface area contributed by atoms with Crippen molar-refractivity contribution < 1.29 is 0 Å². The van der Waals surface area contributed by atoms with Crippen LogP contribution in [0.2, 0.25) is 10.0 Å². The normalized spacial score (nSPS) is 25.2. The molecule has 2 aromatic rings. The van der Waals surface area contributed by atoms with E-state index in [0.717, 1.165) is 19.5 Å². The lowest BCUT2D eigenvalue weighted by Gasteiger charge is -2.31. The fraction of sp³-hybridized carbons (Fsp3) is 0.333. The molecule has 0 aromatic heterocycles. The van der Waals surface area contributed by atoms with E-state index in [4.69, 9.17) is 23.2 Å². The van der Waals surface area contributed by atoms with Crippen molar-refractivity contribution in [3.63, 3.8) is 0 Å². The summed E-state index contributed by atoms with van der Waals surface area (Å²) >= 11 is 12.2. The van der Waals surface area contributed by atoms with Gasteiger partial charge in [0.2, 0.25) is 0 Å². The zero-order chi connectivity index (χ0) is 14.9. The Hall–Kier alpha value is -1.02. The van der Waals surface area contributed by atoms with Gasteiger partial charge < -0.3 is 5.32 Å². The van der Waals surface area contributed by atoms with Gasteiger partial charge in [0.25, 0.3) is 0 Å². The highest BCUT2D eigenvalue weighted by molar-refractivity contribution is 6.42. The van der Waals surface area contributed by atoms with Crippen molar-refractivity contribution >= 4 is 23.2 Å². The average molecular weight is 320 g/mol. The van der Waals surface area contributed by atoms with E-state index in [9.17, 15) is 0 Å². The topological polar surface area (TPSA) is 12.0 Å². The fourth-order valence-corrected chi connectivity index (χ4v) is 3.68. The van der Waals surface area contributed by atoms with Gasteiger partial charge in [0, 0.05) is 19.0 Å². The molecule has 1 heterocycles. The van der Waals surface area contributed by atoms with Crippen LogP contribution in [-0.4, -0.2) is 13.1 Å². The van der Waals surface area contributed by atoms with Crippen molar-refractivity contribution in [3.05, 3.63) is 69.7 Å². The van der Waals surface area contributed by atoms with Gasteiger partial charge in [-0.05, 0) is 35.1 Å². The summed E-state index contributed by atoms with van der Waals surface area (Å²) in [5.74, 6) is 0.451. The van der Waals surface area contributed by atoms with Crippen LogP contribution in [0.1, 0.15) is 24.0 Å². The maximum absolute atomic E-state index is 6.19. The summed E-state index contributed by atoms with van der Waals surface area (Å²) in [5, 5.41) is 4.80. The summed E-state index contributed by atoms with van der Waals surface area (Å²) in [4.78, 5) is 0. The van der Waals surface area contributed by atoms with Gasteiger partial charge in [0.05, 0.1) is 10.0 Å². The van der Waals surface area contributed by atoms with Gasteiger partial charge >= 0.3 is 0 Å². The maximum atomic E-state index is 6.19. The Morgan fingerprint density at radius 2 is 1.86 bits per heavy atom. The van der Waals surface area contributed by atoms with E-state index in [1.54, 1.807) is 0 Å². The van der Waals surface area contributed by atoms with Crippen LogP contribution in [0.3, 0.4) is 0 Å². The molecule has 3 rings (SSSR count). The minimum absolute atomic E-state index is 0.193. The van der Waals surface area contributed by atoms with Gasteiger partial charge in [-0.3, -0.25) is 0 Å². The molecular formula is C18H19Cl2N. The Morgan fingerprint density at radius 1 is 1.10 bits per heavy atom. The third-order valence-corrected chi connectivity index (χ3v) is 5.25. The highest BCUT2D eigenvalue weighted by Crippen LogP contribution is 2.42. The number of hydrogen-bond donors (Lipinski definition) is 1. The number of nitrogens with one attached hydrogen (secondary N) is 1. The van der Waals surface area contributed by atoms with Crippen molar-refractivity contribution in [3.8, 4) is 0 Å². The zero-order valence-corrected chi connectivity index (χ0v) is 13.6. The van der Waals surface area contributed by atoms with Crippen LogP contribution < -0.4 is 5.32 Å². The van der Waals surface area contributed by atoms with E-state index in [2.05, 4.69) is 48.6 Å². The van der Waals surface area contributed by atoms with Crippen LogP contribution in [-0.2, 0) is 6.42 Å². The number of rotatable bonds is 3. The van der Waals surface area contributed by atoms with E-state index in [-0.39, 0.29) is 5.41 Å². The molecule has 2 atom stereocenters. The molecule has 0 amide bonds. The van der Waals surface area contributed by atoms with E-state index in [1.165, 1.54) is 11.1 Å². The molecule has 1 N–H and O–H groups in total. The van der Waals surface area contributed by atoms with Crippen LogP contribution in [0.5, 0.6) is 0 Å². The molecule has 110 valence electrons. The highest BCUT2D eigenvalue weighted by Gasteiger charge is 2.39. The van der Waals surface area contributed by atoms with Gasteiger partial charge in [-0.1, -0.05) is 66.5 Å². The predicted molar refractivity (Wildman–Crippen MR) is 90.3 cm³/mol. The molecular weight excluding hydrogens is 301 g/mol. The Bertz CT molecular complexity index is 626. The first kappa shape index (κ1) is 14.9. The molecule has 0 radical (unpaired) electrons. The molecule has 0 unspecified atom stereocenters. The minimum Gasteiger partial charge on any atom is -0.316 e. The first-order valence-electron chi connectivity index (χ1n) is 7.28. The monoisotopic (exact) mass is 319 g/mol. The van der Waals surface area contributed by atoms with Crippen molar-refractivity contribution in [1.82, 2.24) is 5.32 Å². The molecule has 0 spiro atoms. The SMILES string of the molecule is C[C@]1(Cc2ccccc2)CNC[C@H]1c1ccc(Cl)c(Cl)c1. The Balaban J connectivity index is 1.88. The number of hydrogen-bond acceptors (Lipinski definition) is 1. The van der Waals surface area contributed by atoms with E-state index < -0.39 is 0 Å². The van der Waals surface area contributed by atoms with Crippen LogP contribution >= 0.6 is 23.2 Å². The number of halogens is 2. The van der Waals surface area contributed by atoms with Gasteiger partial charge in [-0.15, -0.1) is 0 Å². The molecule has 3 heteroatoms. The summed E-state index contributed by atoms with van der Waals surface area (Å²) in [7, 11) is 0. The second kappa shape index (κ2) is 6.00. The quantitative estimate of drug-likeness (QED) is 0.845. The molecule has 1 aliphatic rings. The molecule has 2 aromatic carbocycles. The van der Waals surface area contributed by atoms with Crippen molar-refractivity contribution in [1.29, 1.82) is 0 Å². The molecule has 1 nitrogen and oxygen atoms in total. The van der Waals surface area contributed by atoms with Gasteiger partial charge in [-0.2, -0.15) is 0 Å². The van der Waals surface area contributed by atoms with Crippen LogP contribution in [0, 0.1) is 5.41 Å². The third kappa shape index (κ3) is 3.11. The average Bonchev–Trinajstić information content (AvgIpc) is 2.84. The highest BCUT2D eigenvalue weighted by atomic mass is 35.5. The molecule has 0 aliphatic carbocycles. The van der Waals surface area contributed by atoms with E-state index in [0.29, 0.717) is 16.0 Å². The van der Waals surface area contributed by atoms with Gasteiger partial charge in [-0.25, -0.2) is 0 Å². The molecule has 1 aliphatic heterocycles. The second-order valence-corrected chi connectivity index (χ2v) is 6.99. The third-order valence-electron chi connectivity index (χ3n) is 4.52. The second-order valence-electron chi connectivity index (χ2n) is 6.17. The summed E-state index contributed by atoms with van der Waals surface area (Å²) in [5.41, 5.74) is 2.85. The van der Waals surface area contributed by atoms with Crippen LogP contribution in [0.4, 0.5) is 0 Å². The summed E-state index contributed by atoms with van der Waals surface area (Å²) in [6.45, 7) is 4.36. The molecule has 0 saturated carbocycles. The molecule has 1 saturated heterocycles. The minimum atomic E-state index is 0.193. The zero-order valence-electron chi connectivity index (χ0n) is 12.1. The van der Waals surface area contributed by atoms with E-state index in [1.807, 2.05) is 12.1 Å². The molecule has 21 heavy (non-hydrogen) atoms. The largest absolute Gasteiger partial charge is 0.316 e. The summed E-state index contributed by atoms with van der Waals surface area (Å²) < 4.78 is 0. The first-order valence-corrected chi connectivity index (χ1v) is 8.04. The fourth-order valence-electron chi connectivity index (χ4n) is 3.37. The standard InChI is InChI=1S/C18H19Cl2N/c1-18(10-13-5-3-2-4-6-13)12-21-11-15(18)14-7-8-16(19)17(20)9-14/h2-9,15,21H,10-12H2,1H3/t15-,18-/m0/s1. The van der Waals surface area contributed by atoms with Gasteiger partial charge in [0.15, 0.2) is 0 Å². The van der Waals surface area contributed by atoms with E-state index >= 15 is 0 Å². The Morgan fingerprint density at radius 3 is 2.57 bits per heavy atom. The predicted octanol–water partition coefficient (Wildman–Crippen LogP) is 4.93. The molecule has 0 bridgehead atoms. The van der Waals surface area contributed by atoms with Crippen molar-refractivity contribution in [2.75, 3.05) is 13.1 Å². The van der Waals surface area contributed by atoms with Crippen LogP contribution in [0.15, 0.2) is 48.5 Å². The summed E-state index contributed by atoms with van der Waals surface area (Å²) in [6, 6.07) is 16.7. The first-order chi connectivity index (χ1) is 10.1. The molecule has 1 fully saturated rings. The Labute approximate surface area is 136 Å². The Kier molecular flexibility index (Phi) is 4.26. The van der Waals surface area contributed by atoms with Gasteiger partial charge in [0.1, 0.15) is 0 Å². The lowest BCUT2D eigenvalue weighted by Crippen LogP contribution is -2.28. The van der Waals surface area contributed by atoms with Crippen molar-refractivity contribution in [2.45, 2.75) is 19.3 Å². The maximum Gasteiger partial charge on any atom is 0.0595 e. The van der Waals surface area contributed by atoms with Crippen LogP contribution in [0.25, 0.3) is 0 Å². The lowest BCUT2D eigenvalue weighted by atomic mass is 9.72. The smallest absolute Gasteiger partial charge is 0.0595 e. The lowest BCUT2D eigenvalue weighted by molar-refractivity contribution is 0.319. The summed E-state index contributed by atoms with van der Waals surface area (Å²) in [6.07, 6.45) is 1.06. The number of benzene rings is 2.